The number of nitrogens with two attached hydrogens (primary N) is 1. The van der Waals surface area contributed by atoms with E-state index in [4.69, 9.17) is 10.5 Å². The van der Waals surface area contributed by atoms with E-state index in [1.807, 2.05) is 51.1 Å². The molecule has 0 saturated heterocycles. The summed E-state index contributed by atoms with van der Waals surface area (Å²) >= 11 is 0. The molecule has 4 N–H and O–H groups in total. The summed E-state index contributed by atoms with van der Waals surface area (Å²) in [6.07, 6.45) is 3.34. The monoisotopic (exact) mass is 288 g/mol. The highest BCUT2D eigenvalue weighted by atomic mass is 16.6. The molecule has 1 amide bonds. The molecule has 1 heterocycles. The first-order valence-electron chi connectivity index (χ1n) is 6.72. The first-order chi connectivity index (χ1) is 9.85. The lowest BCUT2D eigenvalue weighted by Crippen LogP contribution is -2.32. The van der Waals surface area contributed by atoms with Crippen molar-refractivity contribution in [2.24, 2.45) is 0 Å². The number of fused-ring (bicyclic) bond motifs is 1. The molecule has 0 aliphatic rings. The Hall–Kier alpha value is -2.50. The van der Waals surface area contributed by atoms with Crippen molar-refractivity contribution >= 4 is 28.9 Å². The molecule has 2 rings (SSSR count). The van der Waals surface area contributed by atoms with Crippen LogP contribution in [0.3, 0.4) is 0 Å². The molecule has 6 nitrogen and oxygen atoms in total. The average molecular weight is 288 g/mol. The Morgan fingerprint density at radius 2 is 2.24 bits per heavy atom. The third kappa shape index (κ3) is 4.24. The third-order valence-corrected chi connectivity index (χ3v) is 2.69. The summed E-state index contributed by atoms with van der Waals surface area (Å²) < 4.78 is 5.14. The van der Waals surface area contributed by atoms with Gasteiger partial charge >= 0.3 is 6.09 Å². The molecular formula is C15H20N4O2. The zero-order valence-electron chi connectivity index (χ0n) is 12.4. The van der Waals surface area contributed by atoms with Crippen molar-refractivity contribution in [3.05, 3.63) is 29.8 Å². The van der Waals surface area contributed by atoms with Gasteiger partial charge in [-0.3, -0.25) is 5.10 Å². The zero-order chi connectivity index (χ0) is 15.5. The van der Waals surface area contributed by atoms with Crippen LogP contribution in [0.1, 0.15) is 26.3 Å². The quantitative estimate of drug-likeness (QED) is 0.809. The molecule has 0 atom stereocenters. The van der Waals surface area contributed by atoms with Crippen LogP contribution in [0.2, 0.25) is 0 Å². The number of nitrogens with zero attached hydrogens (tertiary/aromatic N) is 1. The van der Waals surface area contributed by atoms with Crippen LogP contribution in [0.25, 0.3) is 17.0 Å². The predicted octanol–water partition coefficient (Wildman–Crippen LogP) is 2.68. The number of amides is 1. The summed E-state index contributed by atoms with van der Waals surface area (Å²) in [7, 11) is 0. The van der Waals surface area contributed by atoms with Crippen LogP contribution in [-0.4, -0.2) is 28.4 Å². The van der Waals surface area contributed by atoms with Gasteiger partial charge in [-0.25, -0.2) is 4.79 Å². The number of anilines is 1. The number of carbonyl (C=O) groups excluding carboxylic acids is 1. The topological polar surface area (TPSA) is 93.0 Å². The van der Waals surface area contributed by atoms with Gasteiger partial charge in [0, 0.05) is 11.9 Å². The number of nitrogens with one attached hydrogen (secondary N) is 2. The van der Waals surface area contributed by atoms with Crippen LogP contribution in [0.5, 0.6) is 0 Å². The minimum atomic E-state index is -0.487. The molecule has 1 aromatic carbocycles. The number of carbonyl (C=O) groups is 1. The van der Waals surface area contributed by atoms with Crippen molar-refractivity contribution < 1.29 is 9.53 Å². The van der Waals surface area contributed by atoms with Crippen molar-refractivity contribution in [3.8, 4) is 0 Å². The highest BCUT2D eigenvalue weighted by molar-refractivity contribution is 5.89. The molecule has 0 saturated carbocycles. The standard InChI is InChI=1S/C15H20N4O2/c1-15(2,3)21-14(20)17-8-4-5-10-6-7-11-12(9-10)18-19-13(11)16/h4-7,9H,8H2,1-3H3,(H,17,20)(H3,16,18,19). The van der Waals surface area contributed by atoms with E-state index in [-0.39, 0.29) is 0 Å². The SMILES string of the molecule is CC(C)(C)OC(=O)NCC=Cc1ccc2c(N)n[nH]c2c1. The van der Waals surface area contributed by atoms with Gasteiger partial charge in [0.1, 0.15) is 5.60 Å². The van der Waals surface area contributed by atoms with Crippen molar-refractivity contribution in [1.29, 1.82) is 0 Å². The number of aromatic nitrogens is 2. The second-order valence-corrected chi connectivity index (χ2v) is 5.70. The second kappa shape index (κ2) is 5.87. The van der Waals surface area contributed by atoms with Crippen LogP contribution in [0.15, 0.2) is 24.3 Å². The highest BCUT2D eigenvalue weighted by Gasteiger charge is 2.14. The summed E-state index contributed by atoms with van der Waals surface area (Å²) in [5.41, 5.74) is 7.10. The molecule has 2 aromatic rings. The van der Waals surface area contributed by atoms with Gasteiger partial charge in [0.25, 0.3) is 0 Å². The Bertz CT molecular complexity index is 668. The van der Waals surface area contributed by atoms with Gasteiger partial charge in [0.05, 0.1) is 5.52 Å². The van der Waals surface area contributed by atoms with Crippen LogP contribution in [0, 0.1) is 0 Å². The Labute approximate surface area is 123 Å². The van der Waals surface area contributed by atoms with Gasteiger partial charge in [-0.05, 0) is 38.5 Å². The van der Waals surface area contributed by atoms with Gasteiger partial charge in [-0.1, -0.05) is 18.2 Å². The van der Waals surface area contributed by atoms with E-state index in [0.29, 0.717) is 12.4 Å². The normalized spacial score (nSPS) is 12.0. The molecular weight excluding hydrogens is 268 g/mol. The molecule has 1 aromatic heterocycles. The van der Waals surface area contributed by atoms with E-state index >= 15 is 0 Å². The molecule has 0 bridgehead atoms. The first kappa shape index (κ1) is 14.9. The van der Waals surface area contributed by atoms with E-state index in [1.165, 1.54) is 0 Å². The lowest BCUT2D eigenvalue weighted by Gasteiger charge is -2.19. The second-order valence-electron chi connectivity index (χ2n) is 5.70. The Balaban J connectivity index is 1.90. The minimum Gasteiger partial charge on any atom is -0.444 e. The smallest absolute Gasteiger partial charge is 0.407 e. The van der Waals surface area contributed by atoms with Crippen molar-refractivity contribution in [2.45, 2.75) is 26.4 Å². The van der Waals surface area contributed by atoms with Crippen molar-refractivity contribution in [2.75, 3.05) is 12.3 Å². The number of hydrogen-bond donors (Lipinski definition) is 3. The lowest BCUT2D eigenvalue weighted by atomic mass is 10.1. The molecule has 112 valence electrons. The first-order valence-corrected chi connectivity index (χ1v) is 6.72. The number of rotatable bonds is 3. The molecule has 0 radical (unpaired) electrons. The van der Waals surface area contributed by atoms with Gasteiger partial charge < -0.3 is 15.8 Å². The Kier molecular flexibility index (Phi) is 4.16. The van der Waals surface area contributed by atoms with Crippen LogP contribution in [-0.2, 0) is 4.74 Å². The summed E-state index contributed by atoms with van der Waals surface area (Å²) in [4.78, 5) is 11.5. The van der Waals surface area contributed by atoms with E-state index < -0.39 is 11.7 Å². The zero-order valence-corrected chi connectivity index (χ0v) is 12.4. The fourth-order valence-corrected chi connectivity index (χ4v) is 1.81. The molecule has 21 heavy (non-hydrogen) atoms. The van der Waals surface area contributed by atoms with Crippen LogP contribution >= 0.6 is 0 Å². The van der Waals surface area contributed by atoms with E-state index in [9.17, 15) is 4.79 Å². The van der Waals surface area contributed by atoms with Crippen molar-refractivity contribution in [1.82, 2.24) is 15.5 Å². The summed E-state index contributed by atoms with van der Waals surface area (Å²) in [6, 6.07) is 5.80. The largest absolute Gasteiger partial charge is 0.444 e. The number of H-pyrrole nitrogens is 1. The highest BCUT2D eigenvalue weighted by Crippen LogP contribution is 2.19. The fourth-order valence-electron chi connectivity index (χ4n) is 1.81. The van der Waals surface area contributed by atoms with Crippen LogP contribution in [0.4, 0.5) is 10.6 Å². The maximum absolute atomic E-state index is 11.5. The van der Waals surface area contributed by atoms with E-state index in [2.05, 4.69) is 15.5 Å². The lowest BCUT2D eigenvalue weighted by molar-refractivity contribution is 0.0534. The number of aromatic amines is 1. The van der Waals surface area contributed by atoms with Gasteiger partial charge in [-0.2, -0.15) is 5.10 Å². The maximum atomic E-state index is 11.5. The minimum absolute atomic E-state index is 0.401. The molecule has 6 heteroatoms. The number of ether oxygens (including phenoxy) is 1. The molecule has 0 spiro atoms. The van der Waals surface area contributed by atoms with Gasteiger partial charge in [0.15, 0.2) is 5.82 Å². The molecule has 0 fully saturated rings. The molecule has 0 aliphatic heterocycles. The molecule has 0 aliphatic carbocycles. The Morgan fingerprint density at radius 3 is 2.95 bits per heavy atom. The maximum Gasteiger partial charge on any atom is 0.407 e. The number of alkyl carbamates (subject to hydrolysis) is 1. The van der Waals surface area contributed by atoms with Gasteiger partial charge in [-0.15, -0.1) is 0 Å². The fraction of sp³-hybridized carbons (Fsp3) is 0.333. The summed E-state index contributed by atoms with van der Waals surface area (Å²) in [6.45, 7) is 5.88. The summed E-state index contributed by atoms with van der Waals surface area (Å²) in [5.74, 6) is 0.493. The number of nitrogen functional groups attached to an aromatic ring is 1. The van der Waals surface area contributed by atoms with Crippen LogP contribution < -0.4 is 11.1 Å². The van der Waals surface area contributed by atoms with E-state index in [1.54, 1.807) is 0 Å². The Morgan fingerprint density at radius 1 is 1.48 bits per heavy atom. The number of hydrogen-bond acceptors (Lipinski definition) is 4. The van der Waals surface area contributed by atoms with E-state index in [0.717, 1.165) is 16.5 Å². The predicted molar refractivity (Wildman–Crippen MR) is 83.8 cm³/mol. The van der Waals surface area contributed by atoms with Gasteiger partial charge in [0.2, 0.25) is 0 Å². The van der Waals surface area contributed by atoms with Crippen molar-refractivity contribution in [3.63, 3.8) is 0 Å². The number of benzene rings is 1. The third-order valence-electron chi connectivity index (χ3n) is 2.69. The molecule has 0 unspecified atom stereocenters. The summed E-state index contributed by atoms with van der Waals surface area (Å²) in [5, 5.41) is 10.4. The average Bonchev–Trinajstić information content (AvgIpc) is 2.74.